The fraction of sp³-hybridized carbons (Fsp3) is 0.273. The van der Waals surface area contributed by atoms with Gasteiger partial charge in [0.2, 0.25) is 5.69 Å². The van der Waals surface area contributed by atoms with Gasteiger partial charge in [0, 0.05) is 5.56 Å². The normalized spacial score (nSPS) is 11.2. The first-order valence-electron chi connectivity index (χ1n) is 9.24. The molecule has 3 aromatic rings. The number of hydrogen-bond donors (Lipinski definition) is 0. The molecular weight excluding hydrogens is 373 g/mol. The Bertz CT molecular complexity index is 1010. The molecule has 0 saturated carbocycles. The Morgan fingerprint density at radius 1 is 1.07 bits per heavy atom. The molecule has 0 unspecified atom stereocenters. The van der Waals surface area contributed by atoms with Gasteiger partial charge in [-0.25, -0.2) is 9.18 Å². The van der Waals surface area contributed by atoms with E-state index in [1.165, 1.54) is 24.3 Å². The number of carbonyl (C=O) groups is 1. The lowest BCUT2D eigenvalue weighted by molar-refractivity contribution is 0.0514. The molecule has 1 aromatic heterocycles. The van der Waals surface area contributed by atoms with E-state index in [2.05, 4.69) is 36.0 Å². The highest BCUT2D eigenvalue weighted by Gasteiger charge is 2.22. The maximum Gasteiger partial charge on any atom is 0.364 e. The van der Waals surface area contributed by atoms with E-state index in [-0.39, 0.29) is 23.6 Å². The third-order valence-electron chi connectivity index (χ3n) is 4.14. The number of halogens is 1. The monoisotopic (exact) mass is 395 g/mol. The van der Waals surface area contributed by atoms with E-state index < -0.39 is 11.8 Å². The van der Waals surface area contributed by atoms with Crippen molar-refractivity contribution in [1.82, 2.24) is 15.2 Å². The first-order chi connectivity index (χ1) is 13.8. The van der Waals surface area contributed by atoms with E-state index in [0.717, 1.165) is 11.1 Å². The van der Waals surface area contributed by atoms with Gasteiger partial charge >= 0.3 is 5.97 Å². The Balaban J connectivity index is 2.04. The Hall–Kier alpha value is -3.35. The van der Waals surface area contributed by atoms with Gasteiger partial charge in [0.15, 0.2) is 5.82 Å². The Morgan fingerprint density at radius 3 is 2.45 bits per heavy atom. The van der Waals surface area contributed by atoms with Crippen molar-refractivity contribution in [2.75, 3.05) is 6.61 Å². The van der Waals surface area contributed by atoms with Crippen molar-refractivity contribution in [2.24, 2.45) is 0 Å². The highest BCUT2D eigenvalue weighted by molar-refractivity contribution is 5.89. The molecule has 7 heteroatoms. The lowest BCUT2D eigenvalue weighted by atomic mass is 9.86. The topological polar surface area (TPSA) is 74.2 Å². The second kappa shape index (κ2) is 8.34. The molecular formula is C22H22FN3O3. The van der Waals surface area contributed by atoms with Crippen molar-refractivity contribution in [3.63, 3.8) is 0 Å². The SMILES string of the molecule is CCOC(=O)c1nnc(-c2cccc(C(C)(C)C)c2)nc1Oc1ccc(F)cc1. The van der Waals surface area contributed by atoms with Gasteiger partial charge in [-0.15, -0.1) is 10.2 Å². The van der Waals surface area contributed by atoms with Gasteiger partial charge in [0.25, 0.3) is 5.88 Å². The van der Waals surface area contributed by atoms with E-state index in [1.54, 1.807) is 6.92 Å². The summed E-state index contributed by atoms with van der Waals surface area (Å²) in [5, 5.41) is 8.08. The molecule has 0 aliphatic rings. The molecule has 29 heavy (non-hydrogen) atoms. The van der Waals surface area contributed by atoms with Crippen LogP contribution in [0.3, 0.4) is 0 Å². The minimum Gasteiger partial charge on any atom is -0.461 e. The number of aromatic nitrogens is 3. The van der Waals surface area contributed by atoms with Crippen LogP contribution in [0.4, 0.5) is 4.39 Å². The van der Waals surface area contributed by atoms with Crippen LogP contribution in [0.25, 0.3) is 11.4 Å². The largest absolute Gasteiger partial charge is 0.461 e. The molecule has 150 valence electrons. The zero-order valence-electron chi connectivity index (χ0n) is 16.8. The number of esters is 1. The van der Waals surface area contributed by atoms with Gasteiger partial charge in [-0.2, -0.15) is 4.98 Å². The van der Waals surface area contributed by atoms with Crippen LogP contribution in [0.2, 0.25) is 0 Å². The quantitative estimate of drug-likeness (QED) is 0.570. The zero-order chi connectivity index (χ0) is 21.0. The summed E-state index contributed by atoms with van der Waals surface area (Å²) in [6, 6.07) is 13.2. The standard InChI is InChI=1S/C22H22FN3O3/c1-5-28-21(27)18-20(29-17-11-9-16(23)10-12-17)24-19(26-25-18)14-7-6-8-15(13-14)22(2,3)4/h6-13H,5H2,1-4H3. The van der Waals surface area contributed by atoms with E-state index >= 15 is 0 Å². The minimum atomic E-state index is -0.695. The van der Waals surface area contributed by atoms with Gasteiger partial charge in [0.05, 0.1) is 6.61 Å². The summed E-state index contributed by atoms with van der Waals surface area (Å²) in [5.41, 5.74) is 1.65. The zero-order valence-corrected chi connectivity index (χ0v) is 16.8. The molecule has 0 N–H and O–H groups in total. The predicted molar refractivity (Wildman–Crippen MR) is 106 cm³/mol. The fourth-order valence-corrected chi connectivity index (χ4v) is 2.57. The average Bonchev–Trinajstić information content (AvgIpc) is 2.69. The highest BCUT2D eigenvalue weighted by Crippen LogP contribution is 2.28. The molecule has 0 saturated heterocycles. The second-order valence-corrected chi connectivity index (χ2v) is 7.40. The van der Waals surface area contributed by atoms with Gasteiger partial charge in [-0.3, -0.25) is 0 Å². The molecule has 3 rings (SSSR count). The maximum atomic E-state index is 13.2. The highest BCUT2D eigenvalue weighted by atomic mass is 19.1. The van der Waals surface area contributed by atoms with Crippen molar-refractivity contribution in [2.45, 2.75) is 33.1 Å². The van der Waals surface area contributed by atoms with E-state index in [0.29, 0.717) is 11.6 Å². The lowest BCUT2D eigenvalue weighted by Crippen LogP contribution is -2.13. The number of hydrogen-bond acceptors (Lipinski definition) is 6. The summed E-state index contributed by atoms with van der Waals surface area (Å²) in [6.07, 6.45) is 0. The number of carbonyl (C=O) groups excluding carboxylic acids is 1. The third-order valence-corrected chi connectivity index (χ3v) is 4.14. The smallest absolute Gasteiger partial charge is 0.364 e. The van der Waals surface area contributed by atoms with Crippen LogP contribution in [0.15, 0.2) is 48.5 Å². The van der Waals surface area contributed by atoms with Gasteiger partial charge < -0.3 is 9.47 Å². The van der Waals surface area contributed by atoms with Crippen molar-refractivity contribution < 1.29 is 18.7 Å². The predicted octanol–water partition coefficient (Wildman–Crippen LogP) is 4.94. The van der Waals surface area contributed by atoms with Crippen molar-refractivity contribution in [1.29, 1.82) is 0 Å². The molecule has 2 aromatic carbocycles. The van der Waals surface area contributed by atoms with E-state index in [4.69, 9.17) is 9.47 Å². The average molecular weight is 395 g/mol. The van der Waals surface area contributed by atoms with Crippen LogP contribution in [0.5, 0.6) is 11.6 Å². The maximum absolute atomic E-state index is 13.2. The Morgan fingerprint density at radius 2 is 1.79 bits per heavy atom. The summed E-state index contributed by atoms with van der Waals surface area (Å²) < 4.78 is 23.9. The Kier molecular flexibility index (Phi) is 5.87. The van der Waals surface area contributed by atoms with E-state index in [9.17, 15) is 9.18 Å². The summed E-state index contributed by atoms with van der Waals surface area (Å²) in [7, 11) is 0. The molecule has 0 spiro atoms. The number of rotatable bonds is 5. The fourth-order valence-electron chi connectivity index (χ4n) is 2.57. The molecule has 0 radical (unpaired) electrons. The molecule has 1 heterocycles. The first-order valence-corrected chi connectivity index (χ1v) is 9.24. The van der Waals surface area contributed by atoms with Gasteiger partial charge in [0.1, 0.15) is 11.6 Å². The summed E-state index contributed by atoms with van der Waals surface area (Å²) >= 11 is 0. The lowest BCUT2D eigenvalue weighted by Gasteiger charge is -2.19. The van der Waals surface area contributed by atoms with Crippen LogP contribution in [0, 0.1) is 5.82 Å². The van der Waals surface area contributed by atoms with Crippen molar-refractivity contribution >= 4 is 5.97 Å². The summed E-state index contributed by atoms with van der Waals surface area (Å²) in [6.45, 7) is 8.19. The molecule has 0 amide bonds. The summed E-state index contributed by atoms with van der Waals surface area (Å²) in [5.74, 6) is -0.530. The van der Waals surface area contributed by atoms with Crippen molar-refractivity contribution in [3.8, 4) is 23.0 Å². The number of nitrogens with zero attached hydrogens (tertiary/aromatic N) is 3. The molecule has 0 aliphatic heterocycles. The number of benzene rings is 2. The first kappa shape index (κ1) is 20.4. The molecule has 0 fully saturated rings. The van der Waals surface area contributed by atoms with E-state index in [1.807, 2.05) is 24.3 Å². The molecule has 0 aliphatic carbocycles. The Labute approximate surface area is 168 Å². The van der Waals surface area contributed by atoms with Crippen LogP contribution in [-0.4, -0.2) is 27.8 Å². The molecule has 6 nitrogen and oxygen atoms in total. The van der Waals surface area contributed by atoms with Crippen LogP contribution in [0.1, 0.15) is 43.7 Å². The molecule has 0 atom stereocenters. The minimum absolute atomic E-state index is 0.0538. The number of ether oxygens (including phenoxy) is 2. The van der Waals surface area contributed by atoms with Crippen LogP contribution < -0.4 is 4.74 Å². The van der Waals surface area contributed by atoms with Gasteiger partial charge in [-0.05, 0) is 48.2 Å². The molecule has 0 bridgehead atoms. The second-order valence-electron chi connectivity index (χ2n) is 7.40. The van der Waals surface area contributed by atoms with Crippen molar-refractivity contribution in [3.05, 3.63) is 65.6 Å². The van der Waals surface area contributed by atoms with Crippen LogP contribution in [-0.2, 0) is 10.2 Å². The summed E-state index contributed by atoms with van der Waals surface area (Å²) in [4.78, 5) is 16.6. The van der Waals surface area contributed by atoms with Crippen LogP contribution >= 0.6 is 0 Å². The van der Waals surface area contributed by atoms with Gasteiger partial charge in [-0.1, -0.05) is 39.0 Å². The third kappa shape index (κ3) is 4.93.